The van der Waals surface area contributed by atoms with Gasteiger partial charge in [-0.3, -0.25) is 4.79 Å². The Labute approximate surface area is 248 Å². The number of carbonyl (C=O) groups excluding carboxylic acids is 1. The Morgan fingerprint density at radius 1 is 0.805 bits per heavy atom. The minimum Gasteiger partial charge on any atom is -0.407 e. The number of carbonyl (C=O) groups is 1. The van der Waals surface area contributed by atoms with E-state index in [9.17, 15) is 20.1 Å². The lowest BCUT2D eigenvalue weighted by atomic mass is 9.92. The lowest BCUT2D eigenvalue weighted by molar-refractivity contribution is -0.119. The Hall–Kier alpha value is -2.29. The van der Waals surface area contributed by atoms with Gasteiger partial charge in [0.25, 0.3) is 8.32 Å². The molecule has 7 heteroatoms. The first-order valence-electron chi connectivity index (χ1n) is 15.4. The van der Waals surface area contributed by atoms with Crippen LogP contribution in [0.4, 0.5) is 0 Å². The quantitative estimate of drug-likeness (QED) is 0.172. The Balaban J connectivity index is 1.30. The molecule has 2 aromatic carbocycles. The SMILES string of the molecule is CC(C)(C)[Si](OCCCCCCCCCCCNC(=O)C1=C[C@@H](O)[C@@H](O)[C@H](O)C1)(c1ccccc1)c1ccccc1. The second kappa shape index (κ2) is 16.4. The van der Waals surface area contributed by atoms with Gasteiger partial charge in [-0.25, -0.2) is 0 Å². The van der Waals surface area contributed by atoms with Gasteiger partial charge in [-0.05, 0) is 34.3 Å². The Morgan fingerprint density at radius 3 is 1.78 bits per heavy atom. The lowest BCUT2D eigenvalue weighted by Crippen LogP contribution is -2.66. The van der Waals surface area contributed by atoms with Crippen LogP contribution in [0.2, 0.25) is 5.04 Å². The summed E-state index contributed by atoms with van der Waals surface area (Å²) in [6, 6.07) is 21.7. The molecule has 226 valence electrons. The third kappa shape index (κ3) is 9.35. The van der Waals surface area contributed by atoms with E-state index in [2.05, 4.69) is 86.8 Å². The molecule has 1 aliphatic rings. The zero-order valence-electron chi connectivity index (χ0n) is 25.2. The average molecular weight is 582 g/mol. The molecule has 0 radical (unpaired) electrons. The van der Waals surface area contributed by atoms with E-state index in [0.717, 1.165) is 32.3 Å². The van der Waals surface area contributed by atoms with Crippen molar-refractivity contribution in [1.29, 1.82) is 0 Å². The summed E-state index contributed by atoms with van der Waals surface area (Å²) < 4.78 is 6.99. The van der Waals surface area contributed by atoms with Crippen LogP contribution in [-0.2, 0) is 9.22 Å². The van der Waals surface area contributed by atoms with Crippen molar-refractivity contribution in [2.24, 2.45) is 0 Å². The molecule has 3 rings (SSSR count). The number of aliphatic hydroxyl groups is 3. The summed E-state index contributed by atoms with van der Waals surface area (Å²) in [5, 5.41) is 34.6. The van der Waals surface area contributed by atoms with Crippen LogP contribution >= 0.6 is 0 Å². The number of hydrogen-bond donors (Lipinski definition) is 4. The van der Waals surface area contributed by atoms with Crippen molar-refractivity contribution in [3.8, 4) is 0 Å². The Bertz CT molecular complexity index is 1030. The van der Waals surface area contributed by atoms with Gasteiger partial charge in [0.1, 0.15) is 12.2 Å². The van der Waals surface area contributed by atoms with Crippen LogP contribution in [-0.4, -0.2) is 61.0 Å². The Morgan fingerprint density at radius 2 is 1.29 bits per heavy atom. The van der Waals surface area contributed by atoms with E-state index in [1.165, 1.54) is 48.6 Å². The summed E-state index contributed by atoms with van der Waals surface area (Å²) >= 11 is 0. The number of aliphatic hydroxyl groups excluding tert-OH is 3. The standard InChI is InChI=1S/C34H51NO5Si/c1-34(2,3)41(28-19-13-11-14-20-28,29-21-15-12-16-22-29)40-24-18-10-8-6-4-5-7-9-17-23-35-33(39)27-25-30(36)32(38)31(37)26-27/h11-16,19-22,25,30-32,36-38H,4-10,17-18,23-24,26H2,1-3H3,(H,35,39)/t30-,31-,32-/m1/s1. The smallest absolute Gasteiger partial charge is 0.261 e. The van der Waals surface area contributed by atoms with Crippen molar-refractivity contribution in [1.82, 2.24) is 5.32 Å². The van der Waals surface area contributed by atoms with Gasteiger partial charge in [0, 0.05) is 25.1 Å². The number of amides is 1. The third-order valence-electron chi connectivity index (χ3n) is 8.18. The highest BCUT2D eigenvalue weighted by Crippen LogP contribution is 2.36. The topological polar surface area (TPSA) is 99.0 Å². The van der Waals surface area contributed by atoms with Crippen LogP contribution in [0.15, 0.2) is 72.3 Å². The van der Waals surface area contributed by atoms with Gasteiger partial charge in [-0.1, -0.05) is 126 Å². The number of rotatable bonds is 16. The molecule has 0 heterocycles. The number of nitrogens with one attached hydrogen (secondary N) is 1. The molecule has 6 nitrogen and oxygen atoms in total. The first-order chi connectivity index (χ1) is 19.7. The molecule has 1 amide bonds. The minimum absolute atomic E-state index is 0.0141. The summed E-state index contributed by atoms with van der Waals surface area (Å²) in [6.45, 7) is 8.34. The Kier molecular flexibility index (Phi) is 13.3. The van der Waals surface area contributed by atoms with Crippen molar-refractivity contribution in [3.05, 3.63) is 72.3 Å². The first kappa shape index (κ1) is 33.2. The zero-order valence-corrected chi connectivity index (χ0v) is 26.2. The van der Waals surface area contributed by atoms with Crippen molar-refractivity contribution in [3.63, 3.8) is 0 Å². The van der Waals surface area contributed by atoms with E-state index in [1.54, 1.807) is 0 Å². The molecular weight excluding hydrogens is 530 g/mol. The van der Waals surface area contributed by atoms with Gasteiger partial charge in [-0.15, -0.1) is 0 Å². The first-order valence-corrected chi connectivity index (χ1v) is 17.4. The van der Waals surface area contributed by atoms with Gasteiger partial charge in [0.05, 0.1) is 6.10 Å². The minimum atomic E-state index is -2.43. The second-order valence-electron chi connectivity index (χ2n) is 12.4. The molecule has 2 aromatic rings. The fraction of sp³-hybridized carbons (Fsp3) is 0.559. The molecular formula is C34H51NO5Si. The van der Waals surface area contributed by atoms with Crippen LogP contribution in [0, 0.1) is 0 Å². The molecule has 0 saturated heterocycles. The van der Waals surface area contributed by atoms with Crippen LogP contribution in [0.1, 0.15) is 85.0 Å². The summed E-state index contributed by atoms with van der Waals surface area (Å²) in [5.41, 5.74) is 0.340. The van der Waals surface area contributed by atoms with Gasteiger partial charge >= 0.3 is 0 Å². The maximum absolute atomic E-state index is 12.2. The number of hydrogen-bond acceptors (Lipinski definition) is 5. The fourth-order valence-corrected chi connectivity index (χ4v) is 10.5. The predicted octanol–water partition coefficient (Wildman–Crippen LogP) is 4.60. The van der Waals surface area contributed by atoms with Gasteiger partial charge < -0.3 is 25.1 Å². The van der Waals surface area contributed by atoms with Crippen molar-refractivity contribution in [2.45, 2.75) is 108 Å². The lowest BCUT2D eigenvalue weighted by Gasteiger charge is -2.43. The van der Waals surface area contributed by atoms with Gasteiger partial charge in [0.2, 0.25) is 5.91 Å². The number of benzene rings is 2. The van der Waals surface area contributed by atoms with Crippen molar-refractivity contribution >= 4 is 24.6 Å². The highest BCUT2D eigenvalue weighted by atomic mass is 28.4. The van der Waals surface area contributed by atoms with Gasteiger partial charge in [-0.2, -0.15) is 0 Å². The third-order valence-corrected chi connectivity index (χ3v) is 13.2. The monoisotopic (exact) mass is 581 g/mol. The van der Waals surface area contributed by atoms with Crippen LogP contribution < -0.4 is 15.7 Å². The predicted molar refractivity (Wildman–Crippen MR) is 169 cm³/mol. The van der Waals surface area contributed by atoms with Crippen LogP contribution in [0.25, 0.3) is 0 Å². The van der Waals surface area contributed by atoms with Crippen molar-refractivity contribution in [2.75, 3.05) is 13.2 Å². The molecule has 0 fully saturated rings. The molecule has 0 aromatic heterocycles. The van der Waals surface area contributed by atoms with E-state index in [1.807, 2.05) is 0 Å². The molecule has 41 heavy (non-hydrogen) atoms. The molecule has 1 aliphatic carbocycles. The highest BCUT2D eigenvalue weighted by Gasteiger charge is 2.49. The van der Waals surface area contributed by atoms with Crippen LogP contribution in [0.5, 0.6) is 0 Å². The molecule has 0 unspecified atom stereocenters. The largest absolute Gasteiger partial charge is 0.407 e. The summed E-state index contributed by atoms with van der Waals surface area (Å²) in [4.78, 5) is 12.2. The van der Waals surface area contributed by atoms with E-state index < -0.39 is 26.6 Å². The van der Waals surface area contributed by atoms with E-state index >= 15 is 0 Å². The molecule has 0 bridgehead atoms. The highest BCUT2D eigenvalue weighted by molar-refractivity contribution is 6.99. The normalized spacial score (nSPS) is 19.6. The van der Waals surface area contributed by atoms with E-state index in [-0.39, 0.29) is 17.4 Å². The summed E-state index contributed by atoms with van der Waals surface area (Å²) in [6.07, 6.45) is 8.15. The number of unbranched alkanes of at least 4 members (excludes halogenated alkanes) is 8. The van der Waals surface area contributed by atoms with Crippen molar-refractivity contribution < 1.29 is 24.5 Å². The molecule has 4 N–H and O–H groups in total. The molecule has 0 aliphatic heterocycles. The molecule has 0 spiro atoms. The average Bonchev–Trinajstić information content (AvgIpc) is 2.96. The molecule has 3 atom stereocenters. The second-order valence-corrected chi connectivity index (χ2v) is 16.7. The maximum atomic E-state index is 12.2. The van der Waals surface area contributed by atoms with Crippen LogP contribution in [0.3, 0.4) is 0 Å². The zero-order chi connectivity index (χ0) is 29.7. The van der Waals surface area contributed by atoms with E-state index in [4.69, 9.17) is 4.43 Å². The fourth-order valence-electron chi connectivity index (χ4n) is 5.88. The van der Waals surface area contributed by atoms with Gasteiger partial charge in [0.15, 0.2) is 0 Å². The molecule has 0 saturated carbocycles. The maximum Gasteiger partial charge on any atom is 0.261 e. The summed E-state index contributed by atoms with van der Waals surface area (Å²) in [5.74, 6) is -0.270. The van der Waals surface area contributed by atoms with E-state index in [0.29, 0.717) is 12.1 Å². The summed E-state index contributed by atoms with van der Waals surface area (Å²) in [7, 11) is -2.43.